The van der Waals surface area contributed by atoms with Gasteiger partial charge in [0.1, 0.15) is 5.82 Å². The Labute approximate surface area is 133 Å². The first-order valence-electron chi connectivity index (χ1n) is 7.90. The van der Waals surface area contributed by atoms with Crippen molar-refractivity contribution in [2.75, 3.05) is 30.9 Å². The SMILES string of the molecule is CC1CC(Nc2nc(N(C)C)cc(C(F)(F)F)n2)CN1C1CC1. The third-order valence-corrected chi connectivity index (χ3v) is 4.43. The summed E-state index contributed by atoms with van der Waals surface area (Å²) in [6.45, 7) is 3.00. The Balaban J connectivity index is 1.78. The molecule has 2 unspecified atom stereocenters. The normalized spacial score (nSPS) is 25.7. The van der Waals surface area contributed by atoms with Gasteiger partial charge in [-0.25, -0.2) is 4.98 Å². The fraction of sp³-hybridized carbons (Fsp3) is 0.733. The number of hydrogen-bond acceptors (Lipinski definition) is 5. The van der Waals surface area contributed by atoms with Crippen molar-refractivity contribution >= 4 is 11.8 Å². The van der Waals surface area contributed by atoms with E-state index in [9.17, 15) is 13.2 Å². The fourth-order valence-electron chi connectivity index (χ4n) is 3.13. The summed E-state index contributed by atoms with van der Waals surface area (Å²) >= 11 is 0. The topological polar surface area (TPSA) is 44.3 Å². The van der Waals surface area contributed by atoms with Gasteiger partial charge in [-0.1, -0.05) is 0 Å². The first kappa shape index (κ1) is 16.3. The average Bonchev–Trinajstić information content (AvgIpc) is 3.22. The molecule has 3 rings (SSSR count). The molecule has 1 aliphatic carbocycles. The molecule has 128 valence electrons. The molecule has 8 heteroatoms. The molecule has 0 amide bonds. The van der Waals surface area contributed by atoms with Gasteiger partial charge in [0.15, 0.2) is 5.69 Å². The van der Waals surface area contributed by atoms with Gasteiger partial charge in [0.05, 0.1) is 0 Å². The van der Waals surface area contributed by atoms with E-state index >= 15 is 0 Å². The molecule has 0 aromatic carbocycles. The standard InChI is InChI=1S/C15H22F3N5/c1-9-6-10(8-23(9)11-4-5-11)19-14-20-12(15(16,17)18)7-13(21-14)22(2)3/h7,9-11H,4-6,8H2,1-3H3,(H,19,20,21). The van der Waals surface area contributed by atoms with Crippen LogP contribution in [0.25, 0.3) is 0 Å². The van der Waals surface area contributed by atoms with E-state index in [2.05, 4.69) is 27.1 Å². The Hall–Kier alpha value is -1.57. The highest BCUT2D eigenvalue weighted by molar-refractivity contribution is 5.44. The van der Waals surface area contributed by atoms with E-state index in [1.165, 1.54) is 12.8 Å². The zero-order valence-electron chi connectivity index (χ0n) is 13.6. The Morgan fingerprint density at radius 3 is 2.52 bits per heavy atom. The lowest BCUT2D eigenvalue weighted by atomic mass is 10.2. The Kier molecular flexibility index (Phi) is 4.12. The summed E-state index contributed by atoms with van der Waals surface area (Å²) < 4.78 is 39.1. The summed E-state index contributed by atoms with van der Waals surface area (Å²) in [5, 5.41) is 3.10. The highest BCUT2D eigenvalue weighted by Crippen LogP contribution is 2.34. The van der Waals surface area contributed by atoms with Gasteiger partial charge in [0.25, 0.3) is 0 Å². The zero-order valence-corrected chi connectivity index (χ0v) is 13.6. The van der Waals surface area contributed by atoms with Gasteiger partial charge in [-0.05, 0) is 26.2 Å². The summed E-state index contributed by atoms with van der Waals surface area (Å²) in [6, 6.07) is 2.15. The molecule has 2 fully saturated rings. The van der Waals surface area contributed by atoms with Crippen molar-refractivity contribution in [1.29, 1.82) is 0 Å². The molecule has 0 bridgehead atoms. The highest BCUT2D eigenvalue weighted by atomic mass is 19.4. The molecule has 2 aliphatic rings. The number of halogens is 3. The van der Waals surface area contributed by atoms with Crippen LogP contribution in [-0.4, -0.2) is 53.6 Å². The van der Waals surface area contributed by atoms with Crippen molar-refractivity contribution in [3.63, 3.8) is 0 Å². The number of hydrogen-bond donors (Lipinski definition) is 1. The van der Waals surface area contributed by atoms with Gasteiger partial charge >= 0.3 is 6.18 Å². The van der Waals surface area contributed by atoms with E-state index in [1.54, 1.807) is 19.0 Å². The van der Waals surface area contributed by atoms with Gasteiger partial charge in [0.2, 0.25) is 5.95 Å². The number of alkyl halides is 3. The lowest BCUT2D eigenvalue weighted by Gasteiger charge is -2.20. The predicted molar refractivity (Wildman–Crippen MR) is 82.6 cm³/mol. The second-order valence-electron chi connectivity index (χ2n) is 6.68. The van der Waals surface area contributed by atoms with Crippen LogP contribution in [0, 0.1) is 0 Å². The van der Waals surface area contributed by atoms with E-state index in [4.69, 9.17) is 0 Å². The Bertz CT molecular complexity index is 571. The van der Waals surface area contributed by atoms with E-state index < -0.39 is 11.9 Å². The smallest absolute Gasteiger partial charge is 0.363 e. The molecular weight excluding hydrogens is 307 g/mol. The minimum Gasteiger partial charge on any atom is -0.363 e. The number of likely N-dealkylation sites (tertiary alicyclic amines) is 1. The maximum Gasteiger partial charge on any atom is 0.433 e. The minimum atomic E-state index is -4.48. The molecule has 1 aromatic rings. The molecule has 2 heterocycles. The lowest BCUT2D eigenvalue weighted by molar-refractivity contribution is -0.141. The van der Waals surface area contributed by atoms with E-state index in [-0.39, 0.29) is 17.8 Å². The van der Waals surface area contributed by atoms with Crippen LogP contribution in [0.2, 0.25) is 0 Å². The fourth-order valence-corrected chi connectivity index (χ4v) is 3.13. The van der Waals surface area contributed by atoms with Crippen molar-refractivity contribution in [3.8, 4) is 0 Å². The van der Waals surface area contributed by atoms with Crippen molar-refractivity contribution in [1.82, 2.24) is 14.9 Å². The largest absolute Gasteiger partial charge is 0.433 e. The van der Waals surface area contributed by atoms with Crippen LogP contribution in [0.15, 0.2) is 6.07 Å². The molecule has 1 aliphatic heterocycles. The van der Waals surface area contributed by atoms with Gasteiger partial charge in [0, 0.05) is 44.8 Å². The second-order valence-corrected chi connectivity index (χ2v) is 6.68. The van der Waals surface area contributed by atoms with Crippen molar-refractivity contribution < 1.29 is 13.2 Å². The maximum atomic E-state index is 13.0. The Morgan fingerprint density at radius 1 is 1.26 bits per heavy atom. The number of nitrogens with zero attached hydrogens (tertiary/aromatic N) is 4. The van der Waals surface area contributed by atoms with Crippen LogP contribution >= 0.6 is 0 Å². The molecule has 1 saturated heterocycles. The molecular formula is C15H22F3N5. The molecule has 5 nitrogen and oxygen atoms in total. The average molecular weight is 329 g/mol. The lowest BCUT2D eigenvalue weighted by Crippen LogP contribution is -2.31. The van der Waals surface area contributed by atoms with Crippen molar-refractivity contribution in [3.05, 3.63) is 11.8 Å². The number of anilines is 2. The van der Waals surface area contributed by atoms with E-state index in [0.717, 1.165) is 19.0 Å². The predicted octanol–water partition coefficient (Wildman–Crippen LogP) is 2.60. The van der Waals surface area contributed by atoms with Crippen LogP contribution in [-0.2, 0) is 6.18 Å². The van der Waals surface area contributed by atoms with Crippen molar-refractivity contribution in [2.24, 2.45) is 0 Å². The van der Waals surface area contributed by atoms with Gasteiger partial charge < -0.3 is 10.2 Å². The quantitative estimate of drug-likeness (QED) is 0.920. The third kappa shape index (κ3) is 3.68. The Morgan fingerprint density at radius 2 is 1.96 bits per heavy atom. The first-order chi connectivity index (χ1) is 10.7. The highest BCUT2D eigenvalue weighted by Gasteiger charge is 2.39. The van der Waals surface area contributed by atoms with Gasteiger partial charge in [-0.15, -0.1) is 0 Å². The van der Waals surface area contributed by atoms with Gasteiger partial charge in [-0.2, -0.15) is 18.2 Å². The monoisotopic (exact) mass is 329 g/mol. The van der Waals surface area contributed by atoms with Crippen molar-refractivity contribution in [2.45, 2.75) is 50.5 Å². The first-order valence-corrected chi connectivity index (χ1v) is 7.90. The maximum absolute atomic E-state index is 13.0. The van der Waals surface area contributed by atoms with E-state index in [1.807, 2.05) is 0 Å². The summed E-state index contributed by atoms with van der Waals surface area (Å²) in [5.41, 5.74) is -0.913. The molecule has 2 atom stereocenters. The number of rotatable bonds is 4. The second kappa shape index (κ2) is 5.81. The van der Waals surface area contributed by atoms with Crippen LogP contribution in [0.3, 0.4) is 0 Å². The molecule has 0 spiro atoms. The molecule has 1 N–H and O–H groups in total. The summed E-state index contributed by atoms with van der Waals surface area (Å²) in [4.78, 5) is 11.9. The molecule has 23 heavy (non-hydrogen) atoms. The van der Waals surface area contributed by atoms with Crippen LogP contribution in [0.5, 0.6) is 0 Å². The third-order valence-electron chi connectivity index (χ3n) is 4.43. The molecule has 1 aromatic heterocycles. The number of nitrogens with one attached hydrogen (secondary N) is 1. The van der Waals surface area contributed by atoms with E-state index in [0.29, 0.717) is 12.1 Å². The summed E-state index contributed by atoms with van der Waals surface area (Å²) in [6.07, 6.45) is -1.13. The molecule has 0 radical (unpaired) electrons. The van der Waals surface area contributed by atoms with Crippen LogP contribution in [0.4, 0.5) is 24.9 Å². The van der Waals surface area contributed by atoms with Crippen LogP contribution < -0.4 is 10.2 Å². The minimum absolute atomic E-state index is 0.0540. The molecule has 1 saturated carbocycles. The van der Waals surface area contributed by atoms with Crippen LogP contribution in [0.1, 0.15) is 31.9 Å². The summed E-state index contributed by atoms with van der Waals surface area (Å²) in [7, 11) is 3.33. The number of aromatic nitrogens is 2. The van der Waals surface area contributed by atoms with Gasteiger partial charge in [-0.3, -0.25) is 4.90 Å². The zero-order chi connectivity index (χ0) is 16.8. The summed E-state index contributed by atoms with van der Waals surface area (Å²) in [5.74, 6) is 0.304.